The summed E-state index contributed by atoms with van der Waals surface area (Å²) < 4.78 is 35.0. The summed E-state index contributed by atoms with van der Waals surface area (Å²) in [5.74, 6) is 0.158. The predicted molar refractivity (Wildman–Crippen MR) is 89.1 cm³/mol. The van der Waals surface area contributed by atoms with Gasteiger partial charge in [0, 0.05) is 26.2 Å². The van der Waals surface area contributed by atoms with Crippen molar-refractivity contribution < 1.29 is 27.2 Å². The van der Waals surface area contributed by atoms with Crippen molar-refractivity contribution >= 4 is 22.0 Å². The number of ether oxygens (including phenoxy) is 1. The van der Waals surface area contributed by atoms with Crippen LogP contribution in [0.25, 0.3) is 0 Å². The van der Waals surface area contributed by atoms with E-state index in [0.717, 1.165) is 10.6 Å². The highest BCUT2D eigenvalue weighted by Gasteiger charge is 2.28. The van der Waals surface area contributed by atoms with Crippen molar-refractivity contribution in [3.8, 4) is 0 Å². The maximum atomic E-state index is 12.4. The molecule has 2 heterocycles. The Hall–Kier alpha value is -2.07. The Kier molecular flexibility index (Phi) is 6.43. The van der Waals surface area contributed by atoms with Crippen LogP contribution < -0.4 is 0 Å². The zero-order valence-electron chi connectivity index (χ0n) is 14.4. The maximum absolute atomic E-state index is 12.4. The first-order chi connectivity index (χ1) is 11.8. The Morgan fingerprint density at radius 1 is 1.24 bits per heavy atom. The molecule has 9 nitrogen and oxygen atoms in total. The van der Waals surface area contributed by atoms with Crippen LogP contribution in [-0.4, -0.2) is 80.1 Å². The largest absolute Gasteiger partial charge is 0.468 e. The molecule has 0 unspecified atom stereocenters. The molecule has 1 aromatic heterocycles. The summed E-state index contributed by atoms with van der Waals surface area (Å²) in [6.07, 6.45) is 2.11. The fourth-order valence-electron chi connectivity index (χ4n) is 2.47. The number of hydrogen-bond acceptors (Lipinski definition) is 6. The highest BCUT2D eigenvalue weighted by molar-refractivity contribution is 7.88. The lowest BCUT2D eigenvalue weighted by molar-refractivity contribution is -0.133. The van der Waals surface area contributed by atoms with Crippen molar-refractivity contribution in [2.24, 2.45) is 0 Å². The molecule has 0 aromatic carbocycles. The van der Waals surface area contributed by atoms with Gasteiger partial charge in [-0.25, -0.2) is 13.2 Å². The van der Waals surface area contributed by atoms with Crippen LogP contribution in [0.4, 0.5) is 4.79 Å². The SMILES string of the molecule is CCOC(=O)N1CCN(C(=O)CN(Cc2ccco2)S(C)(=O)=O)CC1. The third-order valence-corrected chi connectivity index (χ3v) is 5.05. The number of sulfonamides is 1. The van der Waals surface area contributed by atoms with E-state index in [-0.39, 0.29) is 19.0 Å². The molecule has 0 bridgehead atoms. The van der Waals surface area contributed by atoms with Crippen molar-refractivity contribution in [2.45, 2.75) is 13.5 Å². The minimum Gasteiger partial charge on any atom is -0.468 e. The lowest BCUT2D eigenvalue weighted by Crippen LogP contribution is -2.53. The summed E-state index contributed by atoms with van der Waals surface area (Å²) in [5, 5.41) is 0. The standard InChI is InChI=1S/C15H23N3O6S/c1-3-23-15(20)17-8-6-16(7-9-17)14(19)12-18(25(2,21)22)11-13-5-4-10-24-13/h4-5,10H,3,6-9,11-12H2,1-2H3. The van der Waals surface area contributed by atoms with Crippen LogP contribution in [0.15, 0.2) is 22.8 Å². The zero-order valence-corrected chi connectivity index (χ0v) is 15.2. The number of amides is 2. The van der Waals surface area contributed by atoms with Crippen molar-refractivity contribution in [1.82, 2.24) is 14.1 Å². The number of carbonyl (C=O) groups excluding carboxylic acids is 2. The minimum atomic E-state index is -3.56. The van der Waals surface area contributed by atoms with Crippen LogP contribution in [-0.2, 0) is 26.1 Å². The van der Waals surface area contributed by atoms with Crippen molar-refractivity contribution in [3.63, 3.8) is 0 Å². The summed E-state index contributed by atoms with van der Waals surface area (Å²) in [6, 6.07) is 3.31. The van der Waals surface area contributed by atoms with Gasteiger partial charge in [0.25, 0.3) is 0 Å². The number of furan rings is 1. The molecule has 0 atom stereocenters. The molecule has 0 radical (unpaired) electrons. The number of piperazine rings is 1. The van der Waals surface area contributed by atoms with E-state index in [9.17, 15) is 18.0 Å². The summed E-state index contributed by atoms with van der Waals surface area (Å²) in [6.45, 7) is 3.18. The van der Waals surface area contributed by atoms with Gasteiger partial charge in [0.1, 0.15) is 5.76 Å². The van der Waals surface area contributed by atoms with E-state index in [1.807, 2.05) is 0 Å². The van der Waals surface area contributed by atoms with Gasteiger partial charge in [-0.3, -0.25) is 4.79 Å². The van der Waals surface area contributed by atoms with Gasteiger partial charge in [0.15, 0.2) is 0 Å². The van der Waals surface area contributed by atoms with Gasteiger partial charge < -0.3 is 19.0 Å². The highest BCUT2D eigenvalue weighted by Crippen LogP contribution is 2.11. The van der Waals surface area contributed by atoms with E-state index in [0.29, 0.717) is 38.5 Å². The summed E-state index contributed by atoms with van der Waals surface area (Å²) in [5.41, 5.74) is 0. The van der Waals surface area contributed by atoms with Gasteiger partial charge in [0.2, 0.25) is 15.9 Å². The van der Waals surface area contributed by atoms with E-state index in [2.05, 4.69) is 0 Å². The molecular formula is C15H23N3O6S. The highest BCUT2D eigenvalue weighted by atomic mass is 32.2. The first-order valence-corrected chi connectivity index (χ1v) is 9.83. The topological polar surface area (TPSA) is 100 Å². The van der Waals surface area contributed by atoms with Crippen LogP contribution in [0, 0.1) is 0 Å². The second-order valence-corrected chi connectivity index (χ2v) is 7.66. The number of carbonyl (C=O) groups is 2. The van der Waals surface area contributed by atoms with Crippen molar-refractivity contribution in [1.29, 1.82) is 0 Å². The first-order valence-electron chi connectivity index (χ1n) is 7.98. The summed E-state index contributed by atoms with van der Waals surface area (Å²) in [7, 11) is -3.56. The van der Waals surface area contributed by atoms with Gasteiger partial charge in [-0.15, -0.1) is 0 Å². The lowest BCUT2D eigenvalue weighted by atomic mass is 10.3. The third-order valence-electron chi connectivity index (χ3n) is 3.85. The van der Waals surface area contributed by atoms with Crippen LogP contribution in [0.5, 0.6) is 0 Å². The Morgan fingerprint density at radius 3 is 2.40 bits per heavy atom. The van der Waals surface area contributed by atoms with Gasteiger partial charge in [-0.1, -0.05) is 0 Å². The molecule has 1 fully saturated rings. The van der Waals surface area contributed by atoms with Crippen LogP contribution >= 0.6 is 0 Å². The smallest absolute Gasteiger partial charge is 0.409 e. The van der Waals surface area contributed by atoms with Crippen LogP contribution in [0.1, 0.15) is 12.7 Å². The molecule has 1 aliphatic rings. The number of nitrogens with zero attached hydrogens (tertiary/aromatic N) is 3. The average molecular weight is 373 g/mol. The Morgan fingerprint density at radius 2 is 1.88 bits per heavy atom. The Balaban J connectivity index is 1.92. The summed E-state index contributed by atoms with van der Waals surface area (Å²) in [4.78, 5) is 27.2. The predicted octanol–water partition coefficient (Wildman–Crippen LogP) is 0.342. The maximum Gasteiger partial charge on any atom is 0.409 e. The van der Waals surface area contributed by atoms with Crippen molar-refractivity contribution in [2.75, 3.05) is 45.6 Å². The lowest BCUT2D eigenvalue weighted by Gasteiger charge is -2.34. The van der Waals surface area contributed by atoms with Gasteiger partial charge in [-0.05, 0) is 19.1 Å². The monoisotopic (exact) mass is 373 g/mol. The fraction of sp³-hybridized carbons (Fsp3) is 0.600. The quantitative estimate of drug-likeness (QED) is 0.713. The molecule has 0 spiro atoms. The fourth-order valence-corrected chi connectivity index (χ4v) is 3.18. The Labute approximate surface area is 147 Å². The molecule has 0 saturated carbocycles. The van der Waals surface area contributed by atoms with Gasteiger partial charge in [-0.2, -0.15) is 4.31 Å². The molecule has 0 aliphatic carbocycles. The molecule has 2 rings (SSSR count). The van der Waals surface area contributed by atoms with E-state index in [1.165, 1.54) is 11.2 Å². The van der Waals surface area contributed by atoms with Crippen LogP contribution in [0.3, 0.4) is 0 Å². The molecule has 25 heavy (non-hydrogen) atoms. The normalized spacial score (nSPS) is 15.5. The molecule has 1 aliphatic heterocycles. The average Bonchev–Trinajstić information content (AvgIpc) is 3.07. The number of rotatable bonds is 6. The molecule has 2 amide bonds. The van der Waals surface area contributed by atoms with E-state index >= 15 is 0 Å². The second kappa shape index (κ2) is 8.34. The van der Waals surface area contributed by atoms with E-state index in [1.54, 1.807) is 24.0 Å². The Bertz CT molecular complexity index is 680. The third kappa shape index (κ3) is 5.46. The second-order valence-electron chi connectivity index (χ2n) is 5.68. The minimum absolute atomic E-state index is 0.000361. The molecule has 0 N–H and O–H groups in total. The van der Waals surface area contributed by atoms with E-state index in [4.69, 9.17) is 9.15 Å². The molecule has 140 valence electrons. The zero-order chi connectivity index (χ0) is 18.4. The van der Waals surface area contributed by atoms with Crippen molar-refractivity contribution in [3.05, 3.63) is 24.2 Å². The molecule has 1 saturated heterocycles. The molecule has 10 heteroatoms. The number of hydrogen-bond donors (Lipinski definition) is 0. The molecule has 1 aromatic rings. The van der Waals surface area contributed by atoms with Crippen LogP contribution in [0.2, 0.25) is 0 Å². The summed E-state index contributed by atoms with van der Waals surface area (Å²) >= 11 is 0. The first kappa shape index (κ1) is 19.3. The van der Waals surface area contributed by atoms with E-state index < -0.39 is 16.1 Å². The van der Waals surface area contributed by atoms with Gasteiger partial charge >= 0.3 is 6.09 Å². The molecular weight excluding hydrogens is 350 g/mol. The van der Waals surface area contributed by atoms with Gasteiger partial charge in [0.05, 0.1) is 32.2 Å².